The number of halogens is 2. The first-order chi connectivity index (χ1) is 7.93. The summed E-state index contributed by atoms with van der Waals surface area (Å²) in [4.78, 5) is 10.7. The van der Waals surface area contributed by atoms with Crippen molar-refractivity contribution >= 4 is 18.6 Å². The highest BCUT2D eigenvalue weighted by molar-refractivity contribution is 7.80. The molecule has 0 unspecified atom stereocenters. The van der Waals surface area contributed by atoms with Crippen molar-refractivity contribution in [3.05, 3.63) is 23.3 Å². The fourth-order valence-electron chi connectivity index (χ4n) is 1.24. The Morgan fingerprint density at radius 3 is 2.71 bits per heavy atom. The summed E-state index contributed by atoms with van der Waals surface area (Å²) in [5.41, 5.74) is 0.125. The summed E-state index contributed by atoms with van der Waals surface area (Å²) in [5, 5.41) is 17.4. The minimum absolute atomic E-state index is 0.0458. The van der Waals surface area contributed by atoms with Crippen LogP contribution in [-0.2, 0) is 11.2 Å². The second kappa shape index (κ2) is 5.50. The van der Waals surface area contributed by atoms with Crippen LogP contribution in [0.15, 0.2) is 17.0 Å². The number of carboxylic acid groups (broad SMARTS) is 1. The van der Waals surface area contributed by atoms with E-state index in [2.05, 4.69) is 17.4 Å². The Hall–Kier alpha value is -1.81. The third-order valence-electron chi connectivity index (χ3n) is 1.87. The number of benzene rings is 1. The lowest BCUT2D eigenvalue weighted by Crippen LogP contribution is -2.06. The van der Waals surface area contributed by atoms with Gasteiger partial charge in [-0.1, -0.05) is 0 Å². The molecular weight excluding hydrogens is 252 g/mol. The van der Waals surface area contributed by atoms with E-state index in [1.54, 1.807) is 6.07 Å². The first-order valence-corrected chi connectivity index (χ1v) is 4.81. The molecule has 0 bridgehead atoms. The van der Waals surface area contributed by atoms with Gasteiger partial charge in [-0.05, 0) is 17.7 Å². The van der Waals surface area contributed by atoms with Crippen molar-refractivity contribution in [1.82, 2.24) is 0 Å². The number of hydrogen-bond donors (Lipinski definition) is 2. The first kappa shape index (κ1) is 13.3. The normalized spacial score (nSPS) is 10.1. The molecule has 1 rings (SSSR count). The largest absolute Gasteiger partial charge is 0.481 e. The lowest BCUT2D eigenvalue weighted by atomic mass is 10.1. The number of aliphatic carboxylic acids is 1. The Bertz CT molecular complexity index is 485. The Morgan fingerprint density at radius 1 is 1.59 bits per heavy atom. The van der Waals surface area contributed by atoms with Gasteiger partial charge in [-0.2, -0.15) is 14.0 Å². The Balaban J connectivity index is 3.17. The molecule has 0 saturated carbocycles. The van der Waals surface area contributed by atoms with E-state index in [9.17, 15) is 13.6 Å². The van der Waals surface area contributed by atoms with Gasteiger partial charge in [-0.3, -0.25) is 4.79 Å². The molecule has 0 fully saturated rings. The van der Waals surface area contributed by atoms with Crippen molar-refractivity contribution < 1.29 is 23.4 Å². The predicted octanol–water partition coefficient (Wildman–Crippen LogP) is 2.08. The summed E-state index contributed by atoms with van der Waals surface area (Å²) in [6, 6.07) is 3.93. The van der Waals surface area contributed by atoms with Crippen LogP contribution in [0.1, 0.15) is 11.1 Å². The number of hydrogen-bond acceptors (Lipinski definition) is 4. The standard InChI is InChI=1S/C10H7F2NO3S/c11-10(12)16-6-1-5(4-13)7(3-9(14)15)8(17)2-6/h1-2,10,17H,3H2,(H,14,15). The maximum atomic E-state index is 12.0. The minimum atomic E-state index is -3.01. The maximum absolute atomic E-state index is 12.0. The molecule has 0 aliphatic carbocycles. The number of ether oxygens (including phenoxy) is 1. The van der Waals surface area contributed by atoms with E-state index in [4.69, 9.17) is 10.4 Å². The van der Waals surface area contributed by atoms with Gasteiger partial charge in [0.05, 0.1) is 18.1 Å². The molecule has 0 amide bonds. The van der Waals surface area contributed by atoms with E-state index >= 15 is 0 Å². The second-order valence-electron chi connectivity index (χ2n) is 3.03. The van der Waals surface area contributed by atoms with E-state index < -0.39 is 19.0 Å². The van der Waals surface area contributed by atoms with E-state index in [0.29, 0.717) is 0 Å². The van der Waals surface area contributed by atoms with Crippen LogP contribution >= 0.6 is 12.6 Å². The smallest absolute Gasteiger partial charge is 0.387 e. The highest BCUT2D eigenvalue weighted by Crippen LogP contribution is 2.26. The Morgan fingerprint density at radius 2 is 2.24 bits per heavy atom. The zero-order chi connectivity index (χ0) is 13.0. The monoisotopic (exact) mass is 259 g/mol. The van der Waals surface area contributed by atoms with Gasteiger partial charge in [-0.25, -0.2) is 0 Å². The van der Waals surface area contributed by atoms with Gasteiger partial charge in [0, 0.05) is 4.90 Å². The zero-order valence-electron chi connectivity index (χ0n) is 8.35. The van der Waals surface area contributed by atoms with Gasteiger partial charge in [0.1, 0.15) is 5.75 Å². The highest BCUT2D eigenvalue weighted by Gasteiger charge is 2.14. The van der Waals surface area contributed by atoms with E-state index in [1.807, 2.05) is 0 Å². The van der Waals surface area contributed by atoms with Crippen LogP contribution in [0.5, 0.6) is 5.75 Å². The molecule has 0 aliphatic rings. The Kier molecular flexibility index (Phi) is 4.29. The molecule has 0 radical (unpaired) electrons. The molecule has 1 aromatic rings. The highest BCUT2D eigenvalue weighted by atomic mass is 32.1. The molecule has 0 atom stereocenters. The molecule has 0 saturated heterocycles. The summed E-state index contributed by atoms with van der Waals surface area (Å²) >= 11 is 3.95. The van der Waals surface area contributed by atoms with Crippen molar-refractivity contribution in [2.24, 2.45) is 0 Å². The zero-order valence-corrected chi connectivity index (χ0v) is 9.25. The van der Waals surface area contributed by atoms with Crippen LogP contribution in [-0.4, -0.2) is 17.7 Å². The fourth-order valence-corrected chi connectivity index (χ4v) is 1.57. The van der Waals surface area contributed by atoms with Crippen LogP contribution in [0.4, 0.5) is 8.78 Å². The molecule has 90 valence electrons. The van der Waals surface area contributed by atoms with Crippen molar-refractivity contribution in [2.45, 2.75) is 17.9 Å². The number of carbonyl (C=O) groups is 1. The molecule has 0 aliphatic heterocycles. The first-order valence-electron chi connectivity index (χ1n) is 4.36. The summed E-state index contributed by atoms with van der Waals surface area (Å²) in [6.45, 7) is -3.01. The van der Waals surface area contributed by atoms with E-state index in [1.165, 1.54) is 0 Å². The van der Waals surface area contributed by atoms with Crippen molar-refractivity contribution in [3.63, 3.8) is 0 Å². The van der Waals surface area contributed by atoms with Crippen LogP contribution in [0.2, 0.25) is 0 Å². The molecule has 17 heavy (non-hydrogen) atoms. The minimum Gasteiger partial charge on any atom is -0.481 e. The lowest BCUT2D eigenvalue weighted by molar-refractivity contribution is -0.136. The molecule has 0 spiro atoms. The van der Waals surface area contributed by atoms with Crippen LogP contribution in [0, 0.1) is 11.3 Å². The number of nitrogens with zero attached hydrogens (tertiary/aromatic N) is 1. The topological polar surface area (TPSA) is 70.3 Å². The number of nitriles is 1. The molecule has 1 N–H and O–H groups in total. The van der Waals surface area contributed by atoms with Crippen LogP contribution in [0.3, 0.4) is 0 Å². The third kappa shape index (κ3) is 3.60. The predicted molar refractivity (Wildman–Crippen MR) is 56.4 cm³/mol. The average molecular weight is 259 g/mol. The second-order valence-corrected chi connectivity index (χ2v) is 3.51. The van der Waals surface area contributed by atoms with Gasteiger partial charge >= 0.3 is 12.6 Å². The summed E-state index contributed by atoms with van der Waals surface area (Å²) in [7, 11) is 0. The lowest BCUT2D eigenvalue weighted by Gasteiger charge is -2.09. The fraction of sp³-hybridized carbons (Fsp3) is 0.200. The SMILES string of the molecule is N#Cc1cc(OC(F)F)cc(S)c1CC(=O)O. The Labute approximate surface area is 101 Å². The maximum Gasteiger partial charge on any atom is 0.387 e. The summed E-state index contributed by atoms with van der Waals surface area (Å²) in [6.07, 6.45) is -0.406. The van der Waals surface area contributed by atoms with Gasteiger partial charge in [-0.15, -0.1) is 12.6 Å². The van der Waals surface area contributed by atoms with Crippen molar-refractivity contribution in [1.29, 1.82) is 5.26 Å². The van der Waals surface area contributed by atoms with Crippen LogP contribution in [0.25, 0.3) is 0 Å². The summed E-state index contributed by atoms with van der Waals surface area (Å²) < 4.78 is 28.1. The number of rotatable bonds is 4. The molecule has 0 aromatic heterocycles. The number of alkyl halides is 2. The molecule has 0 heterocycles. The molecule has 4 nitrogen and oxygen atoms in total. The number of carboxylic acids is 1. The van der Waals surface area contributed by atoms with Gasteiger partial charge in [0.2, 0.25) is 0 Å². The van der Waals surface area contributed by atoms with E-state index in [-0.39, 0.29) is 21.8 Å². The van der Waals surface area contributed by atoms with Gasteiger partial charge in [0.15, 0.2) is 0 Å². The number of thiol groups is 1. The van der Waals surface area contributed by atoms with Crippen molar-refractivity contribution in [2.75, 3.05) is 0 Å². The van der Waals surface area contributed by atoms with Gasteiger partial charge in [0.25, 0.3) is 0 Å². The van der Waals surface area contributed by atoms with Crippen LogP contribution < -0.4 is 4.74 Å². The van der Waals surface area contributed by atoms with Crippen molar-refractivity contribution in [3.8, 4) is 11.8 Å². The molecule has 1 aromatic carbocycles. The summed E-state index contributed by atoms with van der Waals surface area (Å²) in [5.74, 6) is -1.37. The third-order valence-corrected chi connectivity index (χ3v) is 2.27. The van der Waals surface area contributed by atoms with E-state index in [0.717, 1.165) is 12.1 Å². The molecule has 7 heteroatoms. The molecular formula is C10H7F2NO3S. The average Bonchev–Trinajstić information content (AvgIpc) is 2.20. The van der Waals surface area contributed by atoms with Gasteiger partial charge < -0.3 is 9.84 Å². The quantitative estimate of drug-likeness (QED) is 0.812.